The Hall–Kier alpha value is -6.39. The molecule has 0 aliphatic carbocycles. The number of furan rings is 1. The Morgan fingerprint density at radius 2 is 0.830 bits per heavy atom. The van der Waals surface area contributed by atoms with Gasteiger partial charge in [-0.05, 0) is 57.3 Å². The fourth-order valence-electron chi connectivity index (χ4n) is 6.44. The maximum Gasteiger partial charge on any atom is 0.164 e. The molecule has 0 bridgehead atoms. The van der Waals surface area contributed by atoms with E-state index in [2.05, 4.69) is 103 Å². The van der Waals surface area contributed by atoms with E-state index < -0.39 is 0 Å². The Labute approximate surface area is 271 Å². The van der Waals surface area contributed by atoms with E-state index >= 15 is 0 Å². The van der Waals surface area contributed by atoms with E-state index in [4.69, 9.17) is 19.4 Å². The van der Waals surface area contributed by atoms with Crippen LogP contribution in [-0.2, 0) is 0 Å². The summed E-state index contributed by atoms with van der Waals surface area (Å²) in [5.74, 6) is 1.85. The van der Waals surface area contributed by atoms with Gasteiger partial charge in [0.15, 0.2) is 17.5 Å². The van der Waals surface area contributed by atoms with Gasteiger partial charge in [0.2, 0.25) is 0 Å². The number of nitrogens with zero attached hydrogens (tertiary/aromatic N) is 3. The molecule has 0 aliphatic heterocycles. The monoisotopic (exact) mass is 601 g/mol. The maximum absolute atomic E-state index is 6.20. The molecular weight excluding hydrogens is 574 g/mol. The average molecular weight is 602 g/mol. The molecule has 4 nitrogen and oxygen atoms in total. The lowest BCUT2D eigenvalue weighted by molar-refractivity contribution is 0.669. The highest BCUT2D eigenvalue weighted by molar-refractivity contribution is 6.11. The zero-order valence-corrected chi connectivity index (χ0v) is 25.3. The van der Waals surface area contributed by atoms with Gasteiger partial charge in [-0.3, -0.25) is 0 Å². The predicted molar refractivity (Wildman–Crippen MR) is 192 cm³/mol. The van der Waals surface area contributed by atoms with Crippen molar-refractivity contribution in [2.24, 2.45) is 0 Å². The minimum Gasteiger partial charge on any atom is -0.456 e. The number of rotatable bonds is 5. The summed E-state index contributed by atoms with van der Waals surface area (Å²) < 4.78 is 6.20. The Morgan fingerprint density at radius 3 is 1.51 bits per heavy atom. The van der Waals surface area contributed by atoms with Crippen LogP contribution in [0.3, 0.4) is 0 Å². The van der Waals surface area contributed by atoms with E-state index in [1.165, 1.54) is 27.5 Å². The van der Waals surface area contributed by atoms with Crippen LogP contribution in [0.1, 0.15) is 0 Å². The molecule has 9 aromatic rings. The molecule has 0 spiro atoms. The van der Waals surface area contributed by atoms with Crippen LogP contribution in [0.4, 0.5) is 0 Å². The molecule has 0 fully saturated rings. The number of hydrogen-bond donors (Lipinski definition) is 0. The van der Waals surface area contributed by atoms with E-state index in [1.807, 2.05) is 60.7 Å². The molecular formula is C43H27N3O. The van der Waals surface area contributed by atoms with Gasteiger partial charge >= 0.3 is 0 Å². The van der Waals surface area contributed by atoms with Crippen LogP contribution in [0.2, 0.25) is 0 Å². The zero-order chi connectivity index (χ0) is 31.2. The molecule has 0 aliphatic rings. The lowest BCUT2D eigenvalue weighted by Gasteiger charge is -2.14. The average Bonchev–Trinajstić information content (AvgIpc) is 3.54. The van der Waals surface area contributed by atoms with E-state index in [9.17, 15) is 0 Å². The van der Waals surface area contributed by atoms with Gasteiger partial charge in [0.1, 0.15) is 11.2 Å². The van der Waals surface area contributed by atoms with Gasteiger partial charge in [0.25, 0.3) is 0 Å². The second-order valence-corrected chi connectivity index (χ2v) is 11.6. The van der Waals surface area contributed by atoms with Crippen molar-refractivity contribution in [3.8, 4) is 56.4 Å². The topological polar surface area (TPSA) is 51.8 Å². The third-order valence-corrected chi connectivity index (χ3v) is 8.74. The molecule has 220 valence electrons. The second kappa shape index (κ2) is 11.2. The maximum atomic E-state index is 6.20. The van der Waals surface area contributed by atoms with Crippen molar-refractivity contribution < 1.29 is 4.42 Å². The molecule has 4 heteroatoms. The summed E-state index contributed by atoms with van der Waals surface area (Å²) >= 11 is 0. The molecule has 47 heavy (non-hydrogen) atoms. The minimum absolute atomic E-state index is 0.607. The van der Waals surface area contributed by atoms with E-state index in [0.717, 1.165) is 44.2 Å². The largest absolute Gasteiger partial charge is 0.456 e. The Kier molecular flexibility index (Phi) is 6.43. The lowest BCUT2D eigenvalue weighted by atomic mass is 9.91. The van der Waals surface area contributed by atoms with Crippen molar-refractivity contribution in [3.05, 3.63) is 164 Å². The molecule has 0 saturated heterocycles. The molecule has 0 unspecified atom stereocenters. The van der Waals surface area contributed by atoms with Crippen LogP contribution >= 0.6 is 0 Å². The van der Waals surface area contributed by atoms with Crippen LogP contribution in [0.25, 0.3) is 89.1 Å². The number of para-hydroxylation sites is 1. The predicted octanol–water partition coefficient (Wildman–Crippen LogP) is 11.3. The van der Waals surface area contributed by atoms with Gasteiger partial charge in [-0.1, -0.05) is 140 Å². The van der Waals surface area contributed by atoms with Crippen molar-refractivity contribution in [2.45, 2.75) is 0 Å². The molecule has 0 amide bonds. The third-order valence-electron chi connectivity index (χ3n) is 8.74. The first-order valence-electron chi connectivity index (χ1n) is 15.7. The first-order chi connectivity index (χ1) is 23.3. The molecule has 0 saturated carbocycles. The van der Waals surface area contributed by atoms with E-state index in [0.29, 0.717) is 17.5 Å². The molecule has 2 aromatic heterocycles. The van der Waals surface area contributed by atoms with E-state index in [1.54, 1.807) is 0 Å². The molecule has 0 radical (unpaired) electrons. The van der Waals surface area contributed by atoms with Crippen LogP contribution in [0.15, 0.2) is 168 Å². The van der Waals surface area contributed by atoms with Crippen LogP contribution in [-0.4, -0.2) is 15.0 Å². The summed E-state index contributed by atoms with van der Waals surface area (Å²) in [6.07, 6.45) is 0. The first kappa shape index (κ1) is 27.0. The highest BCUT2D eigenvalue weighted by Gasteiger charge is 2.18. The molecule has 7 aromatic carbocycles. The van der Waals surface area contributed by atoms with Gasteiger partial charge in [-0.2, -0.15) is 0 Å². The lowest BCUT2D eigenvalue weighted by Crippen LogP contribution is -2.00. The van der Waals surface area contributed by atoms with Crippen LogP contribution < -0.4 is 0 Å². The molecule has 0 atom stereocenters. The summed E-state index contributed by atoms with van der Waals surface area (Å²) in [5.41, 5.74) is 9.11. The highest BCUT2D eigenvalue weighted by atomic mass is 16.3. The fraction of sp³-hybridized carbons (Fsp3) is 0. The number of fused-ring (bicyclic) bond motifs is 4. The number of hydrogen-bond acceptors (Lipinski definition) is 4. The summed E-state index contributed by atoms with van der Waals surface area (Å²) in [7, 11) is 0. The summed E-state index contributed by atoms with van der Waals surface area (Å²) in [5, 5.41) is 4.47. The summed E-state index contributed by atoms with van der Waals surface area (Å²) in [4.78, 5) is 15.1. The zero-order valence-electron chi connectivity index (χ0n) is 25.3. The van der Waals surface area contributed by atoms with Crippen molar-refractivity contribution in [3.63, 3.8) is 0 Å². The van der Waals surface area contributed by atoms with Crippen molar-refractivity contribution in [1.29, 1.82) is 0 Å². The summed E-state index contributed by atoms with van der Waals surface area (Å²) in [6, 6.07) is 56.5. The minimum atomic E-state index is 0.607. The Bertz CT molecular complexity index is 2550. The number of benzene rings is 7. The van der Waals surface area contributed by atoms with Crippen molar-refractivity contribution in [2.75, 3.05) is 0 Å². The smallest absolute Gasteiger partial charge is 0.164 e. The first-order valence-corrected chi connectivity index (χ1v) is 15.7. The fourth-order valence-corrected chi connectivity index (χ4v) is 6.44. The van der Waals surface area contributed by atoms with Crippen LogP contribution in [0.5, 0.6) is 0 Å². The quantitative estimate of drug-likeness (QED) is 0.197. The summed E-state index contributed by atoms with van der Waals surface area (Å²) in [6.45, 7) is 0. The SMILES string of the molecule is c1ccc(-c2nc(-c3ccc(-c4cc5ccccc5cc4-c4ccccc4)cc3)nc(-c3cccc4oc5ccccc5c34)n2)cc1. The molecule has 9 rings (SSSR count). The molecule has 0 N–H and O–H groups in total. The Balaban J connectivity index is 1.20. The third kappa shape index (κ3) is 4.84. The second-order valence-electron chi connectivity index (χ2n) is 11.6. The highest BCUT2D eigenvalue weighted by Crippen LogP contribution is 2.38. The standard InChI is InChI=1S/C43H27N3O/c1-3-12-28(13-4-1)36-26-32-16-7-8-17-33(32)27-37(36)29-22-24-31(25-23-29)42-44-41(30-14-5-2-6-15-30)45-43(46-42)35-19-11-21-39-40(35)34-18-9-10-20-38(34)47-39/h1-27H. The van der Waals surface area contributed by atoms with Gasteiger partial charge in [-0.25, -0.2) is 15.0 Å². The Morgan fingerprint density at radius 1 is 0.340 bits per heavy atom. The van der Waals surface area contributed by atoms with Crippen molar-refractivity contribution >= 4 is 32.7 Å². The molecule has 2 heterocycles. The van der Waals surface area contributed by atoms with Gasteiger partial charge in [-0.15, -0.1) is 0 Å². The van der Waals surface area contributed by atoms with E-state index in [-0.39, 0.29) is 0 Å². The van der Waals surface area contributed by atoms with Gasteiger partial charge < -0.3 is 4.42 Å². The van der Waals surface area contributed by atoms with Gasteiger partial charge in [0.05, 0.1) is 0 Å². The normalized spacial score (nSPS) is 11.4. The van der Waals surface area contributed by atoms with Crippen molar-refractivity contribution in [1.82, 2.24) is 15.0 Å². The van der Waals surface area contributed by atoms with Gasteiger partial charge in [0, 0.05) is 27.5 Å². The number of aromatic nitrogens is 3. The van der Waals surface area contributed by atoms with Crippen LogP contribution in [0, 0.1) is 0 Å².